The van der Waals surface area contributed by atoms with E-state index in [1.165, 1.54) is 0 Å². The van der Waals surface area contributed by atoms with E-state index in [-0.39, 0.29) is 23.1 Å². The van der Waals surface area contributed by atoms with Crippen molar-refractivity contribution in [3.8, 4) is 28.7 Å². The molecule has 5 aromatic rings. The minimum absolute atomic E-state index is 0.0216. The van der Waals surface area contributed by atoms with Gasteiger partial charge in [0.2, 0.25) is 0 Å². The molecule has 0 spiro atoms. The van der Waals surface area contributed by atoms with E-state index >= 15 is 0 Å². The molecule has 0 unspecified atom stereocenters. The standard InChI is InChI=1S/C25H21N3O4/c1-3-28(4-2)18-10-9-17-12-20(25(30)31-22(17)14-18)24-27-26-23(32-24)19-11-15-7-5-6-8-16(15)13-21(19)29/h5-14,29H,3-4H2,1-2H3. The topological polar surface area (TPSA) is 92.6 Å². The summed E-state index contributed by atoms with van der Waals surface area (Å²) in [6.07, 6.45) is 0. The predicted molar refractivity (Wildman–Crippen MR) is 124 cm³/mol. The van der Waals surface area contributed by atoms with Crippen molar-refractivity contribution in [2.75, 3.05) is 18.0 Å². The lowest BCUT2D eigenvalue weighted by atomic mass is 10.1. The highest BCUT2D eigenvalue weighted by Crippen LogP contribution is 2.34. The first kappa shape index (κ1) is 19.8. The molecule has 0 amide bonds. The molecule has 0 saturated carbocycles. The Balaban J connectivity index is 1.56. The molecular formula is C25H21N3O4. The van der Waals surface area contributed by atoms with Gasteiger partial charge in [-0.3, -0.25) is 0 Å². The minimum atomic E-state index is -0.563. The van der Waals surface area contributed by atoms with E-state index in [1.54, 1.807) is 18.2 Å². The number of benzene rings is 3. The van der Waals surface area contributed by atoms with Gasteiger partial charge in [0, 0.05) is 30.2 Å². The van der Waals surface area contributed by atoms with Gasteiger partial charge in [-0.25, -0.2) is 4.79 Å². The summed E-state index contributed by atoms with van der Waals surface area (Å²) in [6, 6.07) is 18.5. The zero-order valence-corrected chi connectivity index (χ0v) is 17.7. The van der Waals surface area contributed by atoms with Gasteiger partial charge in [-0.15, -0.1) is 10.2 Å². The number of fused-ring (bicyclic) bond motifs is 2. The summed E-state index contributed by atoms with van der Waals surface area (Å²) >= 11 is 0. The molecule has 0 aliphatic heterocycles. The van der Waals surface area contributed by atoms with Crippen LogP contribution in [0.25, 0.3) is 44.7 Å². The monoisotopic (exact) mass is 427 g/mol. The molecule has 2 aromatic heterocycles. The second-order valence-corrected chi connectivity index (χ2v) is 7.47. The van der Waals surface area contributed by atoms with Crippen molar-refractivity contribution in [3.63, 3.8) is 0 Å². The van der Waals surface area contributed by atoms with Gasteiger partial charge in [0.15, 0.2) is 0 Å². The van der Waals surface area contributed by atoms with Gasteiger partial charge >= 0.3 is 5.63 Å². The third kappa shape index (κ3) is 3.37. The van der Waals surface area contributed by atoms with Crippen molar-refractivity contribution in [1.29, 1.82) is 0 Å². The molecule has 160 valence electrons. The summed E-state index contributed by atoms with van der Waals surface area (Å²) in [7, 11) is 0. The quantitative estimate of drug-likeness (QED) is 0.385. The van der Waals surface area contributed by atoms with Crippen LogP contribution in [0.3, 0.4) is 0 Å². The van der Waals surface area contributed by atoms with Gasteiger partial charge in [-0.05, 0) is 55.0 Å². The fourth-order valence-electron chi connectivity index (χ4n) is 3.87. The van der Waals surface area contributed by atoms with Crippen molar-refractivity contribution in [1.82, 2.24) is 10.2 Å². The van der Waals surface area contributed by atoms with Crippen LogP contribution in [-0.4, -0.2) is 28.4 Å². The Hall–Kier alpha value is -4.13. The average molecular weight is 427 g/mol. The number of hydrogen-bond donors (Lipinski definition) is 1. The third-order valence-corrected chi connectivity index (χ3v) is 5.60. The Morgan fingerprint density at radius 3 is 2.19 bits per heavy atom. The summed E-state index contributed by atoms with van der Waals surface area (Å²) < 4.78 is 11.3. The number of rotatable bonds is 5. The van der Waals surface area contributed by atoms with Crippen LogP contribution in [0, 0.1) is 0 Å². The molecule has 1 N–H and O–H groups in total. The van der Waals surface area contributed by atoms with E-state index in [0.29, 0.717) is 11.1 Å². The molecule has 0 radical (unpaired) electrons. The Bertz CT molecular complexity index is 1500. The highest BCUT2D eigenvalue weighted by atomic mass is 16.4. The molecule has 0 fully saturated rings. The van der Waals surface area contributed by atoms with E-state index in [0.717, 1.165) is 34.9 Å². The van der Waals surface area contributed by atoms with E-state index in [9.17, 15) is 9.90 Å². The lowest BCUT2D eigenvalue weighted by Crippen LogP contribution is -2.21. The first-order valence-corrected chi connectivity index (χ1v) is 10.5. The molecule has 7 heteroatoms. The lowest BCUT2D eigenvalue weighted by Gasteiger charge is -2.20. The van der Waals surface area contributed by atoms with Gasteiger partial charge in [-0.1, -0.05) is 24.3 Å². The molecule has 32 heavy (non-hydrogen) atoms. The molecule has 2 heterocycles. The van der Waals surface area contributed by atoms with E-state index in [1.807, 2.05) is 42.5 Å². The van der Waals surface area contributed by atoms with E-state index < -0.39 is 5.63 Å². The van der Waals surface area contributed by atoms with Gasteiger partial charge in [-0.2, -0.15) is 0 Å². The van der Waals surface area contributed by atoms with Gasteiger partial charge in [0.1, 0.15) is 16.9 Å². The van der Waals surface area contributed by atoms with Crippen LogP contribution in [0.2, 0.25) is 0 Å². The second kappa shape index (κ2) is 7.85. The molecule has 0 aliphatic rings. The smallest absolute Gasteiger partial charge is 0.349 e. The largest absolute Gasteiger partial charge is 0.507 e. The second-order valence-electron chi connectivity index (χ2n) is 7.47. The Morgan fingerprint density at radius 2 is 1.47 bits per heavy atom. The molecule has 0 bridgehead atoms. The van der Waals surface area contributed by atoms with Crippen LogP contribution in [-0.2, 0) is 0 Å². The normalized spacial score (nSPS) is 11.3. The van der Waals surface area contributed by atoms with Crippen LogP contribution in [0.5, 0.6) is 5.75 Å². The third-order valence-electron chi connectivity index (χ3n) is 5.60. The first-order chi connectivity index (χ1) is 15.6. The highest BCUT2D eigenvalue weighted by Gasteiger charge is 2.18. The number of phenols is 1. The zero-order chi connectivity index (χ0) is 22.2. The maximum absolute atomic E-state index is 12.7. The summed E-state index contributed by atoms with van der Waals surface area (Å²) in [6.45, 7) is 5.87. The van der Waals surface area contributed by atoms with Crippen LogP contribution in [0.15, 0.2) is 74.3 Å². The minimum Gasteiger partial charge on any atom is -0.507 e. The van der Waals surface area contributed by atoms with Crippen LogP contribution in [0.4, 0.5) is 5.69 Å². The number of nitrogens with zero attached hydrogens (tertiary/aromatic N) is 3. The van der Waals surface area contributed by atoms with Crippen LogP contribution in [0.1, 0.15) is 13.8 Å². The Morgan fingerprint density at radius 1 is 0.812 bits per heavy atom. The molecule has 0 saturated heterocycles. The Labute approximate surface area is 183 Å². The lowest BCUT2D eigenvalue weighted by molar-refractivity contribution is 0.474. The summed E-state index contributed by atoms with van der Waals surface area (Å²) in [5.41, 5.74) is 1.50. The molecule has 3 aromatic carbocycles. The SMILES string of the molecule is CCN(CC)c1ccc2cc(-c3nnc(-c4cc5ccccc5cc4O)o3)c(=O)oc2c1. The van der Waals surface area contributed by atoms with Gasteiger partial charge in [0.05, 0.1) is 5.56 Å². The average Bonchev–Trinajstić information content (AvgIpc) is 3.28. The molecule has 0 atom stereocenters. The van der Waals surface area contributed by atoms with E-state index in [2.05, 4.69) is 28.9 Å². The molecule has 7 nitrogen and oxygen atoms in total. The maximum Gasteiger partial charge on any atom is 0.349 e. The van der Waals surface area contributed by atoms with Gasteiger partial charge in [0.25, 0.3) is 11.8 Å². The fraction of sp³-hybridized carbons (Fsp3) is 0.160. The molecular weight excluding hydrogens is 406 g/mol. The summed E-state index contributed by atoms with van der Waals surface area (Å²) in [5.74, 6) is 0.184. The highest BCUT2D eigenvalue weighted by molar-refractivity contribution is 5.89. The van der Waals surface area contributed by atoms with E-state index in [4.69, 9.17) is 8.83 Å². The zero-order valence-electron chi connectivity index (χ0n) is 17.7. The number of hydrogen-bond acceptors (Lipinski definition) is 7. The number of anilines is 1. The number of aromatic nitrogens is 2. The van der Waals surface area contributed by atoms with Crippen molar-refractivity contribution >= 4 is 27.4 Å². The van der Waals surface area contributed by atoms with Crippen molar-refractivity contribution in [3.05, 3.63) is 71.1 Å². The molecule has 5 rings (SSSR count). The number of aromatic hydroxyl groups is 1. The summed E-state index contributed by atoms with van der Waals surface area (Å²) in [4.78, 5) is 14.9. The first-order valence-electron chi connectivity index (χ1n) is 10.5. The van der Waals surface area contributed by atoms with Crippen LogP contribution >= 0.6 is 0 Å². The fourth-order valence-corrected chi connectivity index (χ4v) is 3.87. The van der Waals surface area contributed by atoms with Crippen molar-refractivity contribution in [2.24, 2.45) is 0 Å². The van der Waals surface area contributed by atoms with Crippen molar-refractivity contribution in [2.45, 2.75) is 13.8 Å². The Kier molecular flexibility index (Phi) is 4.86. The predicted octanol–water partition coefficient (Wildman–Crippen LogP) is 5.22. The maximum atomic E-state index is 12.7. The summed E-state index contributed by atoms with van der Waals surface area (Å²) in [5, 5.41) is 21.1. The van der Waals surface area contributed by atoms with Crippen LogP contribution < -0.4 is 10.5 Å². The molecule has 0 aliphatic carbocycles. The van der Waals surface area contributed by atoms with Crippen molar-refractivity contribution < 1.29 is 13.9 Å². The number of phenolic OH excluding ortho intramolecular Hbond substituents is 1. The van der Waals surface area contributed by atoms with Gasteiger partial charge < -0.3 is 18.8 Å².